The highest BCUT2D eigenvalue weighted by molar-refractivity contribution is 7.48. The Morgan fingerprint density at radius 3 is 1.54 bits per heavy atom. The summed E-state index contributed by atoms with van der Waals surface area (Å²) in [6.07, 6.45) is -3.05. The third-order valence-corrected chi connectivity index (χ3v) is 9.62. The van der Waals surface area contributed by atoms with Crippen molar-refractivity contribution in [2.75, 3.05) is 6.61 Å². The smallest absolute Gasteiger partial charge is 0.368 e. The number of aliphatic hydroxyl groups excluding tert-OH is 1. The second-order valence-electron chi connectivity index (χ2n) is 11.6. The molecule has 0 saturated carbocycles. The van der Waals surface area contributed by atoms with E-state index in [9.17, 15) is 9.67 Å². The van der Waals surface area contributed by atoms with Crippen molar-refractivity contribution in [3.8, 4) is 0 Å². The topological polar surface area (TPSA) is 92.7 Å². The first-order valence-electron chi connectivity index (χ1n) is 15.7. The first-order valence-corrected chi connectivity index (χ1v) is 17.1. The monoisotopic (exact) mass is 646 g/mol. The molecule has 0 aliphatic carbocycles. The molecule has 46 heavy (non-hydrogen) atoms. The van der Waals surface area contributed by atoms with Crippen molar-refractivity contribution in [2.45, 2.75) is 64.9 Å². The van der Waals surface area contributed by atoms with Gasteiger partial charge >= 0.3 is 7.82 Å². The summed E-state index contributed by atoms with van der Waals surface area (Å²) in [7, 11) is -4.08. The summed E-state index contributed by atoms with van der Waals surface area (Å²) in [4.78, 5) is 0. The summed E-state index contributed by atoms with van der Waals surface area (Å²) in [5, 5.41) is 11.1. The third kappa shape index (κ3) is 9.91. The lowest BCUT2D eigenvalue weighted by atomic mass is 9.81. The maximum Gasteiger partial charge on any atom is 0.475 e. The second kappa shape index (κ2) is 17.1. The third-order valence-electron chi connectivity index (χ3n) is 8.26. The molecule has 1 heterocycles. The highest BCUT2D eigenvalue weighted by atomic mass is 31.2. The van der Waals surface area contributed by atoms with Crippen LogP contribution in [0.5, 0.6) is 0 Å². The minimum atomic E-state index is -4.08. The molecule has 0 amide bonds. The summed E-state index contributed by atoms with van der Waals surface area (Å²) in [6.45, 7) is 4.61. The van der Waals surface area contributed by atoms with E-state index in [0.29, 0.717) is 6.61 Å². The van der Waals surface area contributed by atoms with Crippen LogP contribution >= 0.6 is 7.82 Å². The quantitative estimate of drug-likeness (QED) is 0.124. The molecule has 5 rings (SSSR count). The zero-order valence-corrected chi connectivity index (χ0v) is 27.2. The number of phosphoric acid groups is 1. The first kappa shape index (κ1) is 34.2. The SMILES string of the molecule is CC1[C@H](C)C([C@@H](COP(=O)(OCc2ccccc2)OCc2ccccc2)OCc2ccccc2)O[C@H](O)[C@@H]1OCc1ccccc1. The molecule has 8 nitrogen and oxygen atoms in total. The van der Waals surface area contributed by atoms with Gasteiger partial charge in [-0.3, -0.25) is 13.6 Å². The maximum atomic E-state index is 14.1. The average Bonchev–Trinajstić information content (AvgIpc) is 3.10. The van der Waals surface area contributed by atoms with E-state index in [4.69, 9.17) is 27.8 Å². The van der Waals surface area contributed by atoms with Gasteiger partial charge in [0.05, 0.1) is 39.1 Å². The zero-order chi connectivity index (χ0) is 32.2. The Kier molecular flexibility index (Phi) is 12.7. The standard InChI is InChI=1S/C37H43O8P/c1-28-29(2)36(41-24-31-17-9-4-10-18-31)37(38)45-35(28)34(40-23-30-15-7-3-8-16-30)27-44-46(39,42-25-32-19-11-5-12-20-32)43-26-33-21-13-6-14-22-33/h3-22,28-29,34-38H,23-27H2,1-2H3/t28-,29?,34+,35?,36+,37-/m0/s1. The summed E-state index contributed by atoms with van der Waals surface area (Å²) >= 11 is 0. The van der Waals surface area contributed by atoms with Gasteiger partial charge in [0.15, 0.2) is 6.29 Å². The van der Waals surface area contributed by atoms with Crippen LogP contribution in [0, 0.1) is 11.8 Å². The summed E-state index contributed by atoms with van der Waals surface area (Å²) in [6, 6.07) is 38.4. The molecule has 2 unspecified atom stereocenters. The highest BCUT2D eigenvalue weighted by Gasteiger charge is 2.45. The van der Waals surface area contributed by atoms with Crippen LogP contribution in [-0.4, -0.2) is 36.3 Å². The molecule has 4 aromatic carbocycles. The van der Waals surface area contributed by atoms with Crippen molar-refractivity contribution >= 4 is 7.82 Å². The summed E-state index contributed by atoms with van der Waals surface area (Å²) in [5.74, 6) is -0.195. The highest BCUT2D eigenvalue weighted by Crippen LogP contribution is 2.51. The number of aliphatic hydroxyl groups is 1. The van der Waals surface area contributed by atoms with Gasteiger partial charge in [0.1, 0.15) is 12.2 Å². The van der Waals surface area contributed by atoms with E-state index in [1.165, 1.54) is 0 Å². The molecule has 0 aromatic heterocycles. The normalized spacial score (nSPS) is 22.4. The van der Waals surface area contributed by atoms with Gasteiger partial charge in [0, 0.05) is 0 Å². The molecule has 9 heteroatoms. The van der Waals surface area contributed by atoms with Gasteiger partial charge < -0.3 is 19.3 Å². The van der Waals surface area contributed by atoms with Crippen LogP contribution in [0.25, 0.3) is 0 Å². The molecule has 0 spiro atoms. The molecule has 1 aliphatic rings. The number of ether oxygens (including phenoxy) is 3. The molecule has 0 radical (unpaired) electrons. The van der Waals surface area contributed by atoms with Crippen LogP contribution in [0.15, 0.2) is 121 Å². The van der Waals surface area contributed by atoms with E-state index in [1.807, 2.05) is 135 Å². The van der Waals surface area contributed by atoms with E-state index in [0.717, 1.165) is 22.3 Å². The van der Waals surface area contributed by atoms with E-state index < -0.39 is 32.4 Å². The molecule has 0 bridgehead atoms. The lowest BCUT2D eigenvalue weighted by Crippen LogP contribution is -2.55. The molecule has 1 aliphatic heterocycles. The van der Waals surface area contributed by atoms with Crippen molar-refractivity contribution in [1.82, 2.24) is 0 Å². The molecule has 6 atom stereocenters. The van der Waals surface area contributed by atoms with Gasteiger partial charge in [-0.05, 0) is 34.1 Å². The number of hydrogen-bond donors (Lipinski definition) is 1. The Bertz CT molecular complexity index is 1430. The van der Waals surface area contributed by atoms with Crippen LogP contribution in [0.3, 0.4) is 0 Å². The van der Waals surface area contributed by atoms with Crippen molar-refractivity contribution in [1.29, 1.82) is 0 Å². The number of rotatable bonds is 16. The predicted octanol–water partition coefficient (Wildman–Crippen LogP) is 7.70. The molecular weight excluding hydrogens is 603 g/mol. The van der Waals surface area contributed by atoms with Gasteiger partial charge in [-0.2, -0.15) is 0 Å². The van der Waals surface area contributed by atoms with Gasteiger partial charge in [0.25, 0.3) is 0 Å². The Hall–Kier alpha value is -3.17. The Morgan fingerprint density at radius 1 is 0.630 bits per heavy atom. The second-order valence-corrected chi connectivity index (χ2v) is 13.2. The van der Waals surface area contributed by atoms with Crippen LogP contribution in [-0.2, 0) is 58.8 Å². The largest absolute Gasteiger partial charge is 0.475 e. The van der Waals surface area contributed by atoms with Crippen LogP contribution in [0.1, 0.15) is 36.1 Å². The van der Waals surface area contributed by atoms with Crippen molar-refractivity contribution in [3.63, 3.8) is 0 Å². The van der Waals surface area contributed by atoms with Crippen molar-refractivity contribution in [3.05, 3.63) is 144 Å². The predicted molar refractivity (Wildman–Crippen MR) is 175 cm³/mol. The van der Waals surface area contributed by atoms with Crippen LogP contribution < -0.4 is 0 Å². The maximum absolute atomic E-state index is 14.1. The Morgan fingerprint density at radius 2 is 1.07 bits per heavy atom. The van der Waals surface area contributed by atoms with E-state index >= 15 is 0 Å². The van der Waals surface area contributed by atoms with Gasteiger partial charge in [-0.1, -0.05) is 135 Å². The van der Waals surface area contributed by atoms with Crippen molar-refractivity contribution < 1.29 is 37.5 Å². The number of phosphoric ester groups is 1. The fraction of sp³-hybridized carbons (Fsp3) is 0.351. The lowest BCUT2D eigenvalue weighted by Gasteiger charge is -2.45. The number of benzene rings is 4. The average molecular weight is 647 g/mol. The summed E-state index contributed by atoms with van der Waals surface area (Å²) < 4.78 is 50.5. The van der Waals surface area contributed by atoms with E-state index in [1.54, 1.807) is 0 Å². The van der Waals surface area contributed by atoms with Gasteiger partial charge in [-0.25, -0.2) is 4.57 Å². The van der Waals surface area contributed by atoms with E-state index in [2.05, 4.69) is 0 Å². The first-order chi connectivity index (χ1) is 22.4. The van der Waals surface area contributed by atoms with Gasteiger partial charge in [0.2, 0.25) is 0 Å². The molecular formula is C37H43O8P. The fourth-order valence-corrected chi connectivity index (χ4v) is 6.56. The molecule has 1 saturated heterocycles. The molecule has 1 fully saturated rings. The van der Waals surface area contributed by atoms with Gasteiger partial charge in [-0.15, -0.1) is 0 Å². The van der Waals surface area contributed by atoms with E-state index in [-0.39, 0.29) is 38.3 Å². The molecule has 4 aromatic rings. The minimum absolute atomic E-state index is 0.0367. The molecule has 1 N–H and O–H groups in total. The fourth-order valence-electron chi connectivity index (χ4n) is 5.39. The lowest BCUT2D eigenvalue weighted by molar-refractivity contribution is -0.286. The number of hydrogen-bond acceptors (Lipinski definition) is 8. The van der Waals surface area contributed by atoms with Crippen molar-refractivity contribution in [2.24, 2.45) is 11.8 Å². The Balaban J connectivity index is 1.31. The Labute approximate surface area is 271 Å². The van der Waals surface area contributed by atoms with Crippen LogP contribution in [0.2, 0.25) is 0 Å². The van der Waals surface area contributed by atoms with Crippen LogP contribution in [0.4, 0.5) is 0 Å². The summed E-state index contributed by atoms with van der Waals surface area (Å²) in [5.41, 5.74) is 3.62. The zero-order valence-electron chi connectivity index (χ0n) is 26.3. The minimum Gasteiger partial charge on any atom is -0.368 e. The molecule has 244 valence electrons.